The van der Waals surface area contributed by atoms with Crippen LogP contribution in [0.3, 0.4) is 0 Å². The van der Waals surface area contributed by atoms with Crippen LogP contribution >= 0.6 is 0 Å². The van der Waals surface area contributed by atoms with Crippen LogP contribution in [0, 0.1) is 20.8 Å². The Morgan fingerprint density at radius 2 is 1.68 bits per heavy atom. The summed E-state index contributed by atoms with van der Waals surface area (Å²) in [4.78, 5) is 15.1. The number of hydrogen-bond donors (Lipinski definition) is 2. The molecule has 0 unspecified atom stereocenters. The summed E-state index contributed by atoms with van der Waals surface area (Å²) >= 11 is 0. The van der Waals surface area contributed by atoms with E-state index in [9.17, 15) is 13.2 Å². The summed E-state index contributed by atoms with van der Waals surface area (Å²) < 4.78 is 26.8. The highest BCUT2D eigenvalue weighted by Crippen LogP contribution is 2.21. The summed E-state index contributed by atoms with van der Waals surface area (Å²) in [6.07, 6.45) is 3.24. The normalized spacial score (nSPS) is 11.7. The van der Waals surface area contributed by atoms with Crippen molar-refractivity contribution in [2.75, 3.05) is 5.32 Å². The number of aryl methyl sites for hydroxylation is 3. The number of benzene rings is 3. The van der Waals surface area contributed by atoms with Gasteiger partial charge in [-0.25, -0.2) is 4.83 Å². The lowest BCUT2D eigenvalue weighted by Crippen LogP contribution is -2.19. The first-order valence-electron chi connectivity index (χ1n) is 10.8. The van der Waals surface area contributed by atoms with Gasteiger partial charge in [0.25, 0.3) is 10.0 Å². The largest absolute Gasteiger partial charge is 0.337 e. The van der Waals surface area contributed by atoms with E-state index in [0.29, 0.717) is 5.56 Å². The number of amides is 1. The van der Waals surface area contributed by atoms with Crippen LogP contribution in [0.4, 0.5) is 5.69 Å². The molecule has 0 bridgehead atoms. The van der Waals surface area contributed by atoms with Crippen LogP contribution in [0.1, 0.15) is 22.3 Å². The van der Waals surface area contributed by atoms with Crippen LogP contribution in [0.15, 0.2) is 82.9 Å². The Morgan fingerprint density at radius 1 is 0.971 bits per heavy atom. The maximum Gasteiger partial charge on any atom is 0.276 e. The summed E-state index contributed by atoms with van der Waals surface area (Å²) in [6, 6.07) is 20.0. The van der Waals surface area contributed by atoms with E-state index in [1.54, 1.807) is 18.3 Å². The van der Waals surface area contributed by atoms with E-state index in [1.165, 1.54) is 18.3 Å². The van der Waals surface area contributed by atoms with Crippen molar-refractivity contribution in [1.29, 1.82) is 0 Å². The quantitative estimate of drug-likeness (QED) is 0.305. The minimum absolute atomic E-state index is 0.108. The zero-order valence-corrected chi connectivity index (χ0v) is 20.1. The number of hydrazone groups is 1. The molecule has 0 atom stereocenters. The fraction of sp³-hybridized carbons (Fsp3) is 0.154. The number of para-hydroxylation sites is 1. The summed E-state index contributed by atoms with van der Waals surface area (Å²) in [5, 5.41) is 7.79. The highest BCUT2D eigenvalue weighted by atomic mass is 32.2. The number of rotatable bonds is 7. The maximum atomic E-state index is 12.7. The second kappa shape index (κ2) is 9.52. The van der Waals surface area contributed by atoms with E-state index in [1.807, 2.05) is 67.8 Å². The third-order valence-corrected chi connectivity index (χ3v) is 6.74. The molecule has 0 spiro atoms. The average Bonchev–Trinajstić information content (AvgIpc) is 3.13. The van der Waals surface area contributed by atoms with Gasteiger partial charge in [-0.1, -0.05) is 53.6 Å². The van der Waals surface area contributed by atoms with Crippen LogP contribution in [-0.2, 0) is 21.4 Å². The second-order valence-corrected chi connectivity index (χ2v) is 9.92. The molecule has 0 fully saturated rings. The van der Waals surface area contributed by atoms with Gasteiger partial charge in [-0.15, -0.1) is 0 Å². The molecule has 4 aromatic rings. The molecule has 2 N–H and O–H groups in total. The van der Waals surface area contributed by atoms with Crippen molar-refractivity contribution in [3.63, 3.8) is 0 Å². The van der Waals surface area contributed by atoms with E-state index in [2.05, 4.69) is 15.2 Å². The number of aromatic nitrogens is 1. The van der Waals surface area contributed by atoms with Crippen molar-refractivity contribution in [1.82, 2.24) is 9.40 Å². The van der Waals surface area contributed by atoms with Crippen LogP contribution in [0.2, 0.25) is 0 Å². The van der Waals surface area contributed by atoms with Gasteiger partial charge in [0.05, 0.1) is 11.1 Å². The molecule has 1 amide bonds. The van der Waals surface area contributed by atoms with Gasteiger partial charge in [-0.3, -0.25) is 4.79 Å². The molecule has 3 aromatic carbocycles. The fourth-order valence-corrected chi connectivity index (χ4v) is 4.53. The smallest absolute Gasteiger partial charge is 0.276 e. The standard InChI is InChI=1S/C26H26N4O3S/c1-18-8-11-22(12-9-18)34(32,33)29-27-15-21-16-30(25-7-5-4-6-23(21)25)17-26(31)28-24-13-10-19(2)14-20(24)3/h4-16,29H,17H2,1-3H3,(H,28,31)/b27-15-. The van der Waals surface area contributed by atoms with Gasteiger partial charge < -0.3 is 9.88 Å². The average molecular weight is 475 g/mol. The number of nitrogens with zero attached hydrogens (tertiary/aromatic N) is 2. The molecule has 0 aliphatic carbocycles. The third kappa shape index (κ3) is 5.18. The van der Waals surface area contributed by atoms with Gasteiger partial charge in [0, 0.05) is 28.4 Å². The van der Waals surface area contributed by atoms with E-state index in [0.717, 1.165) is 33.3 Å². The monoisotopic (exact) mass is 474 g/mol. The second-order valence-electron chi connectivity index (χ2n) is 8.26. The molecular formula is C26H26N4O3S. The summed E-state index contributed by atoms with van der Waals surface area (Å²) in [7, 11) is -3.77. The van der Waals surface area contributed by atoms with Gasteiger partial charge in [0.1, 0.15) is 6.54 Å². The molecule has 7 nitrogen and oxygen atoms in total. The first-order chi connectivity index (χ1) is 16.2. The third-order valence-electron chi connectivity index (χ3n) is 5.50. The van der Waals surface area contributed by atoms with E-state index < -0.39 is 10.0 Å². The van der Waals surface area contributed by atoms with Crippen molar-refractivity contribution in [2.24, 2.45) is 5.10 Å². The Labute approximate surface area is 199 Å². The highest BCUT2D eigenvalue weighted by Gasteiger charge is 2.13. The predicted molar refractivity (Wildman–Crippen MR) is 136 cm³/mol. The Balaban J connectivity index is 1.53. The summed E-state index contributed by atoms with van der Waals surface area (Å²) in [5.41, 5.74) is 5.42. The molecule has 0 aliphatic heterocycles. The number of hydrogen-bond acceptors (Lipinski definition) is 4. The first-order valence-corrected chi connectivity index (χ1v) is 12.3. The van der Waals surface area contributed by atoms with Crippen molar-refractivity contribution in [3.05, 3.63) is 95.2 Å². The molecule has 174 valence electrons. The summed E-state index contributed by atoms with van der Waals surface area (Å²) in [6.45, 7) is 5.96. The van der Waals surface area contributed by atoms with Crippen molar-refractivity contribution in [3.8, 4) is 0 Å². The van der Waals surface area contributed by atoms with E-state index >= 15 is 0 Å². The number of carbonyl (C=O) groups excluding carboxylic acids is 1. The lowest BCUT2D eigenvalue weighted by molar-refractivity contribution is -0.116. The lowest BCUT2D eigenvalue weighted by Gasteiger charge is -2.10. The van der Waals surface area contributed by atoms with Crippen molar-refractivity contribution in [2.45, 2.75) is 32.2 Å². The zero-order valence-electron chi connectivity index (χ0n) is 19.2. The van der Waals surface area contributed by atoms with Crippen LogP contribution in [-0.4, -0.2) is 25.1 Å². The molecule has 0 saturated heterocycles. The molecule has 0 saturated carbocycles. The predicted octanol–water partition coefficient (Wildman–Crippen LogP) is 4.52. The molecule has 1 aromatic heterocycles. The minimum Gasteiger partial charge on any atom is -0.337 e. The first kappa shape index (κ1) is 23.3. The van der Waals surface area contributed by atoms with Gasteiger partial charge >= 0.3 is 0 Å². The lowest BCUT2D eigenvalue weighted by atomic mass is 10.1. The zero-order chi connectivity index (χ0) is 24.3. The molecule has 1 heterocycles. The molecule has 34 heavy (non-hydrogen) atoms. The van der Waals surface area contributed by atoms with E-state index in [4.69, 9.17) is 0 Å². The van der Waals surface area contributed by atoms with Gasteiger partial charge in [0.2, 0.25) is 5.91 Å². The molecule has 0 aliphatic rings. The molecular weight excluding hydrogens is 448 g/mol. The van der Waals surface area contributed by atoms with Crippen molar-refractivity contribution >= 4 is 38.7 Å². The van der Waals surface area contributed by atoms with Gasteiger partial charge in [0.15, 0.2) is 0 Å². The SMILES string of the molecule is Cc1ccc(S(=O)(=O)N/N=C\c2cn(CC(=O)Nc3ccc(C)cc3C)c3ccccc23)cc1. The molecule has 8 heteroatoms. The van der Waals surface area contributed by atoms with Gasteiger partial charge in [-0.05, 0) is 50.6 Å². The highest BCUT2D eigenvalue weighted by molar-refractivity contribution is 7.89. The van der Waals surface area contributed by atoms with Crippen LogP contribution in [0.25, 0.3) is 10.9 Å². The molecule has 0 radical (unpaired) electrons. The Bertz CT molecular complexity index is 1490. The number of fused-ring (bicyclic) bond motifs is 1. The Morgan fingerprint density at radius 3 is 2.41 bits per heavy atom. The van der Waals surface area contributed by atoms with Gasteiger partial charge in [-0.2, -0.15) is 13.5 Å². The van der Waals surface area contributed by atoms with Crippen LogP contribution < -0.4 is 10.1 Å². The number of anilines is 1. The number of sulfonamides is 1. The fourth-order valence-electron chi connectivity index (χ4n) is 3.74. The summed E-state index contributed by atoms with van der Waals surface area (Å²) in [5.74, 6) is -0.156. The number of nitrogens with one attached hydrogen (secondary N) is 2. The van der Waals surface area contributed by atoms with Crippen molar-refractivity contribution < 1.29 is 13.2 Å². The Kier molecular flexibility index (Phi) is 6.51. The van der Waals surface area contributed by atoms with E-state index in [-0.39, 0.29) is 17.3 Å². The number of carbonyl (C=O) groups is 1. The van der Waals surface area contributed by atoms with Crippen LogP contribution in [0.5, 0.6) is 0 Å². The Hall–Kier alpha value is -3.91. The topological polar surface area (TPSA) is 92.6 Å². The molecule has 4 rings (SSSR count). The maximum absolute atomic E-state index is 12.7. The minimum atomic E-state index is -3.77.